The largest absolute Gasteiger partial charge is 0.409 e. The smallest absolute Gasteiger partial charge is 0.223 e. The molecule has 2 aromatic rings. The van der Waals surface area contributed by atoms with Crippen LogP contribution in [-0.4, -0.2) is 64.6 Å². The summed E-state index contributed by atoms with van der Waals surface area (Å²) in [5, 5.41) is 18.3. The normalized spacial score (nSPS) is 21.2. The SMILES string of the molecule is On1nnc2c(N3CCCC3)c(N3CCCC3)c(N3CCCC3)nc21. The van der Waals surface area contributed by atoms with Crippen molar-refractivity contribution in [1.82, 2.24) is 20.1 Å². The number of hydrogen-bond acceptors (Lipinski definition) is 7. The van der Waals surface area contributed by atoms with Gasteiger partial charge in [-0.3, -0.25) is 0 Å². The number of anilines is 3. The van der Waals surface area contributed by atoms with Gasteiger partial charge in [0.15, 0.2) is 11.3 Å². The van der Waals surface area contributed by atoms with Gasteiger partial charge in [-0.2, -0.15) is 0 Å². The third kappa shape index (κ3) is 2.38. The van der Waals surface area contributed by atoms with Crippen LogP contribution in [-0.2, 0) is 0 Å². The minimum absolute atomic E-state index is 0.478. The van der Waals surface area contributed by atoms with Crippen molar-refractivity contribution in [3.8, 4) is 0 Å². The molecule has 5 heterocycles. The van der Waals surface area contributed by atoms with Gasteiger partial charge in [-0.1, -0.05) is 4.85 Å². The molecule has 0 unspecified atom stereocenters. The summed E-state index contributed by atoms with van der Waals surface area (Å²) in [6.45, 7) is 6.29. The first-order valence-corrected chi connectivity index (χ1v) is 9.56. The molecule has 0 bridgehead atoms. The monoisotopic (exact) mass is 343 g/mol. The quantitative estimate of drug-likeness (QED) is 0.853. The summed E-state index contributed by atoms with van der Waals surface area (Å²) in [6, 6.07) is 0. The molecule has 8 heteroatoms. The molecule has 5 rings (SSSR count). The fourth-order valence-electron chi connectivity index (χ4n) is 4.51. The van der Waals surface area contributed by atoms with E-state index in [9.17, 15) is 5.21 Å². The molecule has 0 radical (unpaired) electrons. The molecular formula is C17H25N7O. The van der Waals surface area contributed by atoms with Gasteiger partial charge < -0.3 is 19.9 Å². The van der Waals surface area contributed by atoms with Gasteiger partial charge in [0.1, 0.15) is 5.69 Å². The Kier molecular flexibility index (Phi) is 3.57. The van der Waals surface area contributed by atoms with Crippen LogP contribution in [0.3, 0.4) is 0 Å². The van der Waals surface area contributed by atoms with Crippen molar-refractivity contribution in [2.45, 2.75) is 38.5 Å². The van der Waals surface area contributed by atoms with E-state index in [1.54, 1.807) is 0 Å². The second-order valence-electron chi connectivity index (χ2n) is 7.37. The van der Waals surface area contributed by atoms with Crippen molar-refractivity contribution >= 4 is 28.4 Å². The number of hydrogen-bond donors (Lipinski definition) is 1. The third-order valence-electron chi connectivity index (χ3n) is 5.75. The summed E-state index contributed by atoms with van der Waals surface area (Å²) < 4.78 is 0. The van der Waals surface area contributed by atoms with Crippen molar-refractivity contribution in [2.24, 2.45) is 0 Å². The Bertz CT molecular complexity index is 771. The summed E-state index contributed by atoms with van der Waals surface area (Å²) in [7, 11) is 0. The van der Waals surface area contributed by atoms with Crippen LogP contribution >= 0.6 is 0 Å². The molecule has 8 nitrogen and oxygen atoms in total. The number of aromatic nitrogens is 4. The van der Waals surface area contributed by atoms with Crippen LogP contribution in [0.4, 0.5) is 17.2 Å². The van der Waals surface area contributed by atoms with Crippen LogP contribution in [0, 0.1) is 0 Å². The molecule has 0 saturated carbocycles. The minimum Gasteiger partial charge on any atom is -0.409 e. The molecule has 3 saturated heterocycles. The lowest BCUT2D eigenvalue weighted by atomic mass is 10.2. The highest BCUT2D eigenvalue weighted by Crippen LogP contribution is 2.44. The fraction of sp³-hybridized carbons (Fsp3) is 0.706. The van der Waals surface area contributed by atoms with Crippen LogP contribution < -0.4 is 14.7 Å². The van der Waals surface area contributed by atoms with E-state index < -0.39 is 0 Å². The Morgan fingerprint density at radius 1 is 0.680 bits per heavy atom. The molecule has 134 valence electrons. The molecule has 2 aromatic heterocycles. The van der Waals surface area contributed by atoms with Gasteiger partial charge in [0.25, 0.3) is 0 Å². The summed E-state index contributed by atoms with van der Waals surface area (Å²) in [4.78, 5) is 12.9. The molecule has 0 aliphatic carbocycles. The zero-order chi connectivity index (χ0) is 16.8. The molecule has 0 amide bonds. The van der Waals surface area contributed by atoms with Crippen molar-refractivity contribution < 1.29 is 5.21 Å². The van der Waals surface area contributed by atoms with E-state index in [1.165, 1.54) is 44.2 Å². The predicted octanol–water partition coefficient (Wildman–Crippen LogP) is 1.86. The van der Waals surface area contributed by atoms with Gasteiger partial charge in [0, 0.05) is 39.3 Å². The molecule has 0 atom stereocenters. The Hall–Kier alpha value is -2.25. The van der Waals surface area contributed by atoms with Crippen LogP contribution in [0.5, 0.6) is 0 Å². The summed E-state index contributed by atoms with van der Waals surface area (Å²) in [6.07, 6.45) is 7.27. The number of fused-ring (bicyclic) bond motifs is 1. The van der Waals surface area contributed by atoms with E-state index in [2.05, 4.69) is 25.0 Å². The van der Waals surface area contributed by atoms with E-state index >= 15 is 0 Å². The highest BCUT2D eigenvalue weighted by molar-refractivity contribution is 5.99. The third-order valence-corrected chi connectivity index (χ3v) is 5.75. The number of rotatable bonds is 3. The second kappa shape index (κ2) is 5.93. The van der Waals surface area contributed by atoms with E-state index in [0.29, 0.717) is 5.65 Å². The Labute approximate surface area is 147 Å². The molecule has 3 aliphatic heterocycles. The van der Waals surface area contributed by atoms with Gasteiger partial charge in [-0.15, -0.1) is 5.10 Å². The van der Waals surface area contributed by atoms with E-state index in [1.807, 2.05) is 0 Å². The van der Waals surface area contributed by atoms with E-state index in [0.717, 1.165) is 61.1 Å². The Morgan fingerprint density at radius 2 is 1.20 bits per heavy atom. The molecule has 0 aromatic carbocycles. The number of nitrogens with zero attached hydrogens (tertiary/aromatic N) is 7. The molecule has 0 spiro atoms. The van der Waals surface area contributed by atoms with E-state index in [-0.39, 0.29) is 0 Å². The van der Waals surface area contributed by atoms with Gasteiger partial charge in [-0.25, -0.2) is 4.98 Å². The molecule has 1 N–H and O–H groups in total. The van der Waals surface area contributed by atoms with Crippen LogP contribution in [0.15, 0.2) is 0 Å². The predicted molar refractivity (Wildman–Crippen MR) is 96.8 cm³/mol. The van der Waals surface area contributed by atoms with Crippen LogP contribution in [0.25, 0.3) is 11.2 Å². The van der Waals surface area contributed by atoms with Gasteiger partial charge in [0.05, 0.1) is 5.69 Å². The minimum atomic E-state index is 0.478. The maximum Gasteiger partial charge on any atom is 0.223 e. The lowest BCUT2D eigenvalue weighted by molar-refractivity contribution is 0.153. The summed E-state index contributed by atoms with van der Waals surface area (Å²) in [5.41, 5.74) is 3.56. The maximum absolute atomic E-state index is 10.1. The first kappa shape index (κ1) is 15.0. The average Bonchev–Trinajstić information content (AvgIpc) is 3.40. The van der Waals surface area contributed by atoms with Crippen molar-refractivity contribution in [1.29, 1.82) is 0 Å². The Balaban J connectivity index is 1.77. The first-order valence-electron chi connectivity index (χ1n) is 9.56. The average molecular weight is 343 g/mol. The van der Waals surface area contributed by atoms with Gasteiger partial charge in [-0.05, 0) is 43.7 Å². The van der Waals surface area contributed by atoms with Crippen molar-refractivity contribution in [3.63, 3.8) is 0 Å². The van der Waals surface area contributed by atoms with Gasteiger partial charge >= 0.3 is 0 Å². The number of pyridine rings is 1. The van der Waals surface area contributed by atoms with Gasteiger partial charge in [0.2, 0.25) is 5.65 Å². The molecule has 3 fully saturated rings. The zero-order valence-corrected chi connectivity index (χ0v) is 14.6. The summed E-state index contributed by atoms with van der Waals surface area (Å²) >= 11 is 0. The maximum atomic E-state index is 10.1. The van der Waals surface area contributed by atoms with Crippen LogP contribution in [0.1, 0.15) is 38.5 Å². The highest BCUT2D eigenvalue weighted by Gasteiger charge is 2.32. The lowest BCUT2D eigenvalue weighted by Crippen LogP contribution is -2.29. The first-order chi connectivity index (χ1) is 12.3. The second-order valence-corrected chi connectivity index (χ2v) is 7.37. The topological polar surface area (TPSA) is 73.6 Å². The fourth-order valence-corrected chi connectivity index (χ4v) is 4.51. The van der Waals surface area contributed by atoms with E-state index in [4.69, 9.17) is 4.98 Å². The standard InChI is InChI=1S/C17H25N7O/c25-24-16-13(19-20-24)14(21-7-1-2-8-21)15(22-9-3-4-10-22)17(18-16)23-11-5-6-12-23/h25H,1-12H2. The lowest BCUT2D eigenvalue weighted by Gasteiger charge is -2.31. The molecule has 3 aliphatic rings. The zero-order valence-electron chi connectivity index (χ0n) is 14.6. The van der Waals surface area contributed by atoms with Crippen molar-refractivity contribution in [2.75, 3.05) is 54.0 Å². The highest BCUT2D eigenvalue weighted by atomic mass is 16.5. The summed E-state index contributed by atoms with van der Waals surface area (Å²) in [5.74, 6) is 1.01. The molecule has 25 heavy (non-hydrogen) atoms. The Morgan fingerprint density at radius 3 is 1.80 bits per heavy atom. The van der Waals surface area contributed by atoms with Crippen molar-refractivity contribution in [3.05, 3.63) is 0 Å². The molecular weight excluding hydrogens is 318 g/mol. The van der Waals surface area contributed by atoms with Crippen LogP contribution in [0.2, 0.25) is 0 Å².